The number of morpholine rings is 1. The SMILES string of the molecule is Clc1c(C(Cl)(Cl)Cl)nsc1N1CCOCC1. The van der Waals surface area contributed by atoms with Gasteiger partial charge in [0.25, 0.3) is 0 Å². The fraction of sp³-hybridized carbons (Fsp3) is 0.625. The first-order valence-electron chi connectivity index (χ1n) is 4.55. The Morgan fingerprint density at radius 3 is 2.38 bits per heavy atom. The zero-order valence-corrected chi connectivity index (χ0v) is 11.9. The van der Waals surface area contributed by atoms with E-state index in [2.05, 4.69) is 9.27 Å². The highest BCUT2D eigenvalue weighted by atomic mass is 35.6. The maximum absolute atomic E-state index is 6.15. The quantitative estimate of drug-likeness (QED) is 0.741. The van der Waals surface area contributed by atoms with Crippen molar-refractivity contribution < 1.29 is 4.74 Å². The molecule has 0 bridgehead atoms. The van der Waals surface area contributed by atoms with Crippen molar-refractivity contribution in [2.45, 2.75) is 3.79 Å². The van der Waals surface area contributed by atoms with E-state index in [4.69, 9.17) is 51.1 Å². The van der Waals surface area contributed by atoms with Gasteiger partial charge in [0.05, 0.1) is 13.2 Å². The molecule has 90 valence electrons. The van der Waals surface area contributed by atoms with E-state index in [9.17, 15) is 0 Å². The highest BCUT2D eigenvalue weighted by Gasteiger charge is 2.32. The van der Waals surface area contributed by atoms with Crippen LogP contribution in [0.3, 0.4) is 0 Å². The molecule has 1 fully saturated rings. The van der Waals surface area contributed by atoms with Gasteiger partial charge in [-0.05, 0) is 11.5 Å². The molecular formula is C8H8Cl4N2OS. The van der Waals surface area contributed by atoms with Crippen molar-refractivity contribution in [2.75, 3.05) is 31.2 Å². The lowest BCUT2D eigenvalue weighted by Crippen LogP contribution is -2.35. The van der Waals surface area contributed by atoms with Gasteiger partial charge in [-0.2, -0.15) is 4.37 Å². The summed E-state index contributed by atoms with van der Waals surface area (Å²) in [5.41, 5.74) is 0.297. The summed E-state index contributed by atoms with van der Waals surface area (Å²) in [5, 5.41) is 1.26. The first-order chi connectivity index (χ1) is 7.50. The Hall–Kier alpha value is 0.550. The van der Waals surface area contributed by atoms with E-state index in [-0.39, 0.29) is 0 Å². The van der Waals surface area contributed by atoms with E-state index in [0.717, 1.165) is 18.1 Å². The molecule has 16 heavy (non-hydrogen) atoms. The van der Waals surface area contributed by atoms with E-state index in [1.807, 2.05) is 0 Å². The van der Waals surface area contributed by atoms with Crippen LogP contribution in [0, 0.1) is 0 Å². The smallest absolute Gasteiger partial charge is 0.235 e. The van der Waals surface area contributed by atoms with Gasteiger partial charge < -0.3 is 9.64 Å². The monoisotopic (exact) mass is 320 g/mol. The van der Waals surface area contributed by atoms with Gasteiger partial charge in [0.2, 0.25) is 3.79 Å². The highest BCUT2D eigenvalue weighted by Crippen LogP contribution is 2.46. The molecule has 0 atom stereocenters. The van der Waals surface area contributed by atoms with Gasteiger partial charge >= 0.3 is 0 Å². The Balaban J connectivity index is 2.25. The lowest BCUT2D eigenvalue weighted by atomic mass is 10.4. The summed E-state index contributed by atoms with van der Waals surface area (Å²) in [6.45, 7) is 2.91. The number of aromatic nitrogens is 1. The topological polar surface area (TPSA) is 25.4 Å². The molecule has 0 amide bonds. The number of alkyl halides is 3. The molecule has 1 saturated heterocycles. The minimum atomic E-state index is -1.57. The lowest BCUT2D eigenvalue weighted by Gasteiger charge is -2.27. The molecule has 0 radical (unpaired) electrons. The molecule has 1 aliphatic heterocycles. The van der Waals surface area contributed by atoms with Gasteiger partial charge in [-0.25, -0.2) is 0 Å². The van der Waals surface area contributed by atoms with Crippen molar-refractivity contribution in [3.8, 4) is 0 Å². The molecule has 0 aliphatic carbocycles. The zero-order chi connectivity index (χ0) is 11.8. The minimum absolute atomic E-state index is 0.297. The average molecular weight is 322 g/mol. The molecule has 2 heterocycles. The first-order valence-corrected chi connectivity index (χ1v) is 6.83. The third kappa shape index (κ3) is 2.68. The van der Waals surface area contributed by atoms with E-state index in [1.165, 1.54) is 11.5 Å². The van der Waals surface area contributed by atoms with Gasteiger partial charge in [0, 0.05) is 13.1 Å². The van der Waals surface area contributed by atoms with Gasteiger partial charge in [0.1, 0.15) is 15.7 Å². The third-order valence-electron chi connectivity index (χ3n) is 2.19. The standard InChI is InChI=1S/C8H8Cl4N2OS/c9-5-6(8(10,11)12)13-16-7(5)14-1-3-15-4-2-14/h1-4H2. The molecular weight excluding hydrogens is 314 g/mol. The number of nitrogens with zero attached hydrogens (tertiary/aromatic N) is 2. The fourth-order valence-corrected chi connectivity index (χ4v) is 3.45. The maximum Gasteiger partial charge on any atom is 0.235 e. The summed E-state index contributed by atoms with van der Waals surface area (Å²) in [6.07, 6.45) is 0. The molecule has 3 nitrogen and oxygen atoms in total. The largest absolute Gasteiger partial charge is 0.378 e. The predicted molar refractivity (Wildman–Crippen MR) is 69.4 cm³/mol. The Morgan fingerprint density at radius 2 is 1.88 bits per heavy atom. The Bertz CT molecular complexity index is 373. The second-order valence-electron chi connectivity index (χ2n) is 3.25. The van der Waals surface area contributed by atoms with Crippen LogP contribution in [0.15, 0.2) is 0 Å². The maximum atomic E-state index is 6.15. The Labute approximate surface area is 117 Å². The average Bonchev–Trinajstić information content (AvgIpc) is 2.61. The van der Waals surface area contributed by atoms with E-state index >= 15 is 0 Å². The van der Waals surface area contributed by atoms with Crippen molar-refractivity contribution in [1.29, 1.82) is 0 Å². The Kier molecular flexibility index (Phi) is 4.10. The molecule has 2 rings (SSSR count). The number of anilines is 1. The highest BCUT2D eigenvalue weighted by molar-refractivity contribution is 7.11. The fourth-order valence-electron chi connectivity index (χ4n) is 1.41. The van der Waals surface area contributed by atoms with Crippen LogP contribution in [0.1, 0.15) is 5.69 Å². The summed E-state index contributed by atoms with van der Waals surface area (Å²) >= 11 is 24.7. The number of hydrogen-bond acceptors (Lipinski definition) is 4. The molecule has 0 spiro atoms. The van der Waals surface area contributed by atoms with Gasteiger partial charge in [0.15, 0.2) is 0 Å². The number of hydrogen-bond donors (Lipinski definition) is 0. The molecule has 8 heteroatoms. The number of ether oxygens (including phenoxy) is 1. The predicted octanol–water partition coefficient (Wildman–Crippen LogP) is 3.46. The third-order valence-corrected chi connectivity index (χ3v) is 4.10. The first kappa shape index (κ1) is 13.0. The van der Waals surface area contributed by atoms with E-state index in [1.54, 1.807) is 0 Å². The van der Waals surface area contributed by atoms with Crippen molar-refractivity contribution in [3.63, 3.8) is 0 Å². The second kappa shape index (κ2) is 5.04. The van der Waals surface area contributed by atoms with E-state index < -0.39 is 3.79 Å². The number of rotatable bonds is 1. The van der Waals surface area contributed by atoms with Gasteiger partial charge in [-0.1, -0.05) is 46.4 Å². The van der Waals surface area contributed by atoms with Crippen molar-refractivity contribution >= 4 is 62.9 Å². The summed E-state index contributed by atoms with van der Waals surface area (Å²) in [7, 11) is 0. The van der Waals surface area contributed by atoms with Crippen LogP contribution in [0.4, 0.5) is 5.00 Å². The van der Waals surface area contributed by atoms with Crippen LogP contribution in [0.5, 0.6) is 0 Å². The summed E-state index contributed by atoms with van der Waals surface area (Å²) in [6, 6.07) is 0. The lowest BCUT2D eigenvalue weighted by molar-refractivity contribution is 0.123. The second-order valence-corrected chi connectivity index (χ2v) is 6.66. The number of halogens is 4. The minimum Gasteiger partial charge on any atom is -0.378 e. The molecule has 0 unspecified atom stereocenters. The van der Waals surface area contributed by atoms with E-state index in [0.29, 0.717) is 23.9 Å². The summed E-state index contributed by atoms with van der Waals surface area (Å²) < 4.78 is 7.78. The molecule has 1 aliphatic rings. The van der Waals surface area contributed by atoms with Crippen molar-refractivity contribution in [2.24, 2.45) is 0 Å². The van der Waals surface area contributed by atoms with Crippen LogP contribution in [-0.2, 0) is 8.53 Å². The van der Waals surface area contributed by atoms with Crippen LogP contribution in [-0.4, -0.2) is 30.7 Å². The summed E-state index contributed by atoms with van der Waals surface area (Å²) in [4.78, 5) is 2.09. The van der Waals surface area contributed by atoms with Crippen molar-refractivity contribution in [3.05, 3.63) is 10.7 Å². The molecule has 1 aromatic rings. The zero-order valence-electron chi connectivity index (χ0n) is 8.05. The normalized spacial score (nSPS) is 17.9. The van der Waals surface area contributed by atoms with Crippen LogP contribution < -0.4 is 4.90 Å². The van der Waals surface area contributed by atoms with Crippen LogP contribution in [0.25, 0.3) is 0 Å². The Morgan fingerprint density at radius 1 is 1.25 bits per heavy atom. The van der Waals surface area contributed by atoms with Gasteiger partial charge in [-0.15, -0.1) is 0 Å². The molecule has 0 saturated carbocycles. The molecule has 0 aromatic carbocycles. The van der Waals surface area contributed by atoms with Crippen molar-refractivity contribution in [1.82, 2.24) is 4.37 Å². The van der Waals surface area contributed by atoms with Crippen LogP contribution >= 0.6 is 57.9 Å². The summed E-state index contributed by atoms with van der Waals surface area (Å²) in [5.74, 6) is 0. The van der Waals surface area contributed by atoms with Gasteiger partial charge in [-0.3, -0.25) is 0 Å². The molecule has 0 N–H and O–H groups in total. The van der Waals surface area contributed by atoms with Crippen LogP contribution in [0.2, 0.25) is 5.02 Å². The molecule has 1 aromatic heterocycles.